The van der Waals surface area contributed by atoms with Gasteiger partial charge in [0.05, 0.1) is 17.4 Å². The molecule has 1 aromatic carbocycles. The maximum absolute atomic E-state index is 12.1. The molecule has 1 N–H and O–H groups in total. The highest BCUT2D eigenvalue weighted by molar-refractivity contribution is 9.10. The molecule has 0 fully saturated rings. The fourth-order valence-electron chi connectivity index (χ4n) is 1.84. The van der Waals surface area contributed by atoms with Crippen LogP contribution in [0.1, 0.15) is 10.4 Å². The van der Waals surface area contributed by atoms with E-state index < -0.39 is 0 Å². The van der Waals surface area contributed by atoms with Gasteiger partial charge in [-0.3, -0.25) is 9.78 Å². The lowest BCUT2D eigenvalue weighted by Gasteiger charge is -2.07. The number of ether oxygens (including phenoxy) is 1. The zero-order chi connectivity index (χ0) is 16.1. The lowest BCUT2D eigenvalue weighted by Crippen LogP contribution is -2.12. The second-order valence-corrected chi connectivity index (χ2v) is 5.55. The number of nitrogens with one attached hydrogen (secondary N) is 1. The number of nitrogens with zero attached hydrogens (tertiary/aromatic N) is 2. The topological polar surface area (TPSA) is 64.1 Å². The SMILES string of the molecule is O=C(Nc1cccnc1)c1ccc(Oc2ccc(Br)cc2)nc1. The van der Waals surface area contributed by atoms with Crippen molar-refractivity contribution in [2.24, 2.45) is 0 Å². The zero-order valence-corrected chi connectivity index (χ0v) is 13.5. The van der Waals surface area contributed by atoms with E-state index >= 15 is 0 Å². The number of pyridine rings is 2. The zero-order valence-electron chi connectivity index (χ0n) is 11.9. The number of carbonyl (C=O) groups is 1. The molecule has 2 heterocycles. The molecule has 0 aliphatic carbocycles. The van der Waals surface area contributed by atoms with E-state index in [-0.39, 0.29) is 5.91 Å². The molecule has 5 nitrogen and oxygen atoms in total. The molecule has 0 aliphatic rings. The van der Waals surface area contributed by atoms with Crippen LogP contribution in [0, 0.1) is 0 Å². The summed E-state index contributed by atoms with van der Waals surface area (Å²) in [7, 11) is 0. The Balaban J connectivity index is 1.66. The minimum atomic E-state index is -0.249. The van der Waals surface area contributed by atoms with Crippen molar-refractivity contribution in [3.63, 3.8) is 0 Å². The van der Waals surface area contributed by atoms with Crippen molar-refractivity contribution in [3.05, 3.63) is 77.2 Å². The molecule has 0 saturated carbocycles. The summed E-state index contributed by atoms with van der Waals surface area (Å²) in [6.07, 6.45) is 4.70. The van der Waals surface area contributed by atoms with Gasteiger partial charge in [0.15, 0.2) is 0 Å². The second-order valence-electron chi connectivity index (χ2n) is 4.64. The lowest BCUT2D eigenvalue weighted by atomic mass is 10.2. The Hall–Kier alpha value is -2.73. The number of aromatic nitrogens is 2. The van der Waals surface area contributed by atoms with E-state index in [1.165, 1.54) is 6.20 Å². The van der Waals surface area contributed by atoms with Crippen molar-refractivity contribution in [1.82, 2.24) is 9.97 Å². The number of halogens is 1. The Bertz CT molecular complexity index is 790. The first-order valence-electron chi connectivity index (χ1n) is 6.81. The number of anilines is 1. The Morgan fingerprint density at radius 2 is 1.87 bits per heavy atom. The van der Waals surface area contributed by atoms with E-state index in [0.29, 0.717) is 22.9 Å². The van der Waals surface area contributed by atoms with Gasteiger partial charge in [-0.25, -0.2) is 4.98 Å². The maximum Gasteiger partial charge on any atom is 0.257 e. The van der Waals surface area contributed by atoms with Crippen LogP contribution in [0.3, 0.4) is 0 Å². The van der Waals surface area contributed by atoms with Gasteiger partial charge in [0, 0.05) is 22.9 Å². The predicted molar refractivity (Wildman–Crippen MR) is 90.6 cm³/mol. The minimum absolute atomic E-state index is 0.249. The molecular formula is C17H12BrN3O2. The molecule has 0 spiro atoms. The predicted octanol–water partition coefficient (Wildman–Crippen LogP) is 4.28. The van der Waals surface area contributed by atoms with Crippen molar-refractivity contribution < 1.29 is 9.53 Å². The molecule has 3 rings (SSSR count). The van der Waals surface area contributed by atoms with Gasteiger partial charge in [-0.15, -0.1) is 0 Å². The molecule has 1 amide bonds. The number of carbonyl (C=O) groups excluding carboxylic acids is 1. The summed E-state index contributed by atoms with van der Waals surface area (Å²) in [5.74, 6) is 0.846. The van der Waals surface area contributed by atoms with Crippen LogP contribution in [0.25, 0.3) is 0 Å². The Morgan fingerprint density at radius 3 is 2.52 bits per heavy atom. The van der Waals surface area contributed by atoms with Gasteiger partial charge >= 0.3 is 0 Å². The average Bonchev–Trinajstić information content (AvgIpc) is 2.58. The molecule has 0 radical (unpaired) electrons. The first-order chi connectivity index (χ1) is 11.2. The molecule has 0 aliphatic heterocycles. The summed E-state index contributed by atoms with van der Waals surface area (Å²) < 4.78 is 6.59. The van der Waals surface area contributed by atoms with E-state index in [9.17, 15) is 4.79 Å². The third-order valence-electron chi connectivity index (χ3n) is 2.95. The van der Waals surface area contributed by atoms with Crippen molar-refractivity contribution in [1.29, 1.82) is 0 Å². The molecule has 0 bridgehead atoms. The van der Waals surface area contributed by atoms with Crippen molar-refractivity contribution in [2.75, 3.05) is 5.32 Å². The van der Waals surface area contributed by atoms with Crippen LogP contribution in [0.4, 0.5) is 5.69 Å². The standard InChI is InChI=1S/C17H12BrN3O2/c18-13-4-6-15(7-5-13)23-16-8-3-12(10-20-16)17(22)21-14-2-1-9-19-11-14/h1-11H,(H,21,22). The smallest absolute Gasteiger partial charge is 0.257 e. The third-order valence-corrected chi connectivity index (χ3v) is 3.48. The number of benzene rings is 1. The third kappa shape index (κ3) is 4.14. The van der Waals surface area contributed by atoms with Gasteiger partial charge in [-0.05, 0) is 42.5 Å². The van der Waals surface area contributed by atoms with Crippen LogP contribution < -0.4 is 10.1 Å². The lowest BCUT2D eigenvalue weighted by molar-refractivity contribution is 0.102. The number of rotatable bonds is 4. The average molecular weight is 370 g/mol. The summed E-state index contributed by atoms with van der Waals surface area (Å²) >= 11 is 3.36. The van der Waals surface area contributed by atoms with Crippen LogP contribution in [-0.2, 0) is 0 Å². The first kappa shape index (κ1) is 15.2. The molecule has 0 unspecified atom stereocenters. The highest BCUT2D eigenvalue weighted by atomic mass is 79.9. The van der Waals surface area contributed by atoms with Gasteiger partial charge in [0.25, 0.3) is 5.91 Å². The second kappa shape index (κ2) is 7.02. The van der Waals surface area contributed by atoms with E-state index in [1.807, 2.05) is 24.3 Å². The first-order valence-corrected chi connectivity index (χ1v) is 7.61. The summed E-state index contributed by atoms with van der Waals surface area (Å²) in [6, 6.07) is 14.2. The van der Waals surface area contributed by atoms with Crippen molar-refractivity contribution in [3.8, 4) is 11.6 Å². The van der Waals surface area contributed by atoms with Crippen molar-refractivity contribution in [2.45, 2.75) is 0 Å². The largest absolute Gasteiger partial charge is 0.439 e. The Morgan fingerprint density at radius 1 is 1.04 bits per heavy atom. The monoisotopic (exact) mass is 369 g/mol. The van der Waals surface area contributed by atoms with Gasteiger partial charge in [0.1, 0.15) is 5.75 Å². The van der Waals surface area contributed by atoms with Gasteiger partial charge in [-0.2, -0.15) is 0 Å². The van der Waals surface area contributed by atoms with Crippen LogP contribution in [0.5, 0.6) is 11.6 Å². The van der Waals surface area contributed by atoms with Crippen LogP contribution in [0.2, 0.25) is 0 Å². The van der Waals surface area contributed by atoms with E-state index in [4.69, 9.17) is 4.74 Å². The van der Waals surface area contributed by atoms with E-state index in [2.05, 4.69) is 31.2 Å². The van der Waals surface area contributed by atoms with E-state index in [1.54, 1.807) is 36.7 Å². The Kier molecular flexibility index (Phi) is 4.63. The fraction of sp³-hybridized carbons (Fsp3) is 0. The molecule has 0 saturated heterocycles. The molecule has 6 heteroatoms. The quantitative estimate of drug-likeness (QED) is 0.745. The molecule has 3 aromatic rings. The Labute approximate surface area is 141 Å². The van der Waals surface area contributed by atoms with Crippen LogP contribution in [0.15, 0.2) is 71.6 Å². The highest BCUT2D eigenvalue weighted by Crippen LogP contribution is 2.21. The van der Waals surface area contributed by atoms with E-state index in [0.717, 1.165) is 4.47 Å². The maximum atomic E-state index is 12.1. The van der Waals surface area contributed by atoms with Crippen molar-refractivity contribution >= 4 is 27.5 Å². The fourth-order valence-corrected chi connectivity index (χ4v) is 2.10. The summed E-state index contributed by atoms with van der Waals surface area (Å²) in [6.45, 7) is 0. The van der Waals surface area contributed by atoms with Gasteiger partial charge in [-0.1, -0.05) is 15.9 Å². The molecular weight excluding hydrogens is 358 g/mol. The number of amides is 1. The molecule has 114 valence electrons. The normalized spacial score (nSPS) is 10.1. The number of hydrogen-bond donors (Lipinski definition) is 1. The minimum Gasteiger partial charge on any atom is -0.439 e. The van der Waals surface area contributed by atoms with Crippen LogP contribution in [-0.4, -0.2) is 15.9 Å². The molecule has 23 heavy (non-hydrogen) atoms. The van der Waals surface area contributed by atoms with Crippen LogP contribution >= 0.6 is 15.9 Å². The summed E-state index contributed by atoms with van der Waals surface area (Å²) in [4.78, 5) is 20.2. The van der Waals surface area contributed by atoms with Gasteiger partial charge < -0.3 is 10.1 Å². The molecule has 0 atom stereocenters. The van der Waals surface area contributed by atoms with Gasteiger partial charge in [0.2, 0.25) is 5.88 Å². The summed E-state index contributed by atoms with van der Waals surface area (Å²) in [5.41, 5.74) is 1.07. The molecule has 2 aromatic heterocycles. The number of hydrogen-bond acceptors (Lipinski definition) is 4. The summed E-state index contributed by atoms with van der Waals surface area (Å²) in [5, 5.41) is 2.75. The highest BCUT2D eigenvalue weighted by Gasteiger charge is 2.07.